The molecule has 0 aliphatic heterocycles. The Hall–Kier alpha value is 0.690. The average Bonchev–Trinajstić information content (AvgIpc) is 1.36. The summed E-state index contributed by atoms with van der Waals surface area (Å²) in [5.41, 5.74) is 0. The van der Waals surface area contributed by atoms with Gasteiger partial charge in [-0.15, -0.1) is 0 Å². The fourth-order valence-electron chi connectivity index (χ4n) is 0. The molecule has 4 heteroatoms. The van der Waals surface area contributed by atoms with E-state index in [0.717, 1.165) is 0 Å². The van der Waals surface area contributed by atoms with Gasteiger partial charge in [0.05, 0.1) is 0 Å². The Bertz CT molecular complexity index is 61.2. The minimum absolute atomic E-state index is 0. The Morgan fingerprint density at radius 1 is 1.71 bits per heavy atom. The van der Waals surface area contributed by atoms with Crippen LogP contribution in [-0.2, 0) is 4.79 Å². The van der Waals surface area contributed by atoms with Crippen LogP contribution in [0.25, 0.3) is 0 Å². The molecule has 0 unspecified atom stereocenters. The first-order chi connectivity index (χ1) is 2.64. The van der Waals surface area contributed by atoms with Gasteiger partial charge in [-0.05, 0) is 6.92 Å². The van der Waals surface area contributed by atoms with Crippen LogP contribution in [0.4, 0.5) is 0 Å². The van der Waals surface area contributed by atoms with E-state index in [-0.39, 0.29) is 37.7 Å². The second-order valence-corrected chi connectivity index (χ2v) is 1.01. The summed E-state index contributed by atoms with van der Waals surface area (Å²) in [5, 5.41) is 15.8. The molecule has 2 N–H and O–H groups in total. The van der Waals surface area contributed by atoms with Crippen LogP contribution in [0.2, 0.25) is 0 Å². The summed E-state index contributed by atoms with van der Waals surface area (Å²) in [4.78, 5) is 9.45. The van der Waals surface area contributed by atoms with Crippen LogP contribution in [0.1, 0.15) is 6.92 Å². The Kier molecular flexibility index (Phi) is 7.35. The van der Waals surface area contributed by atoms with Gasteiger partial charge in [0.25, 0.3) is 0 Å². The number of aliphatic hydroxyl groups is 1. The van der Waals surface area contributed by atoms with E-state index in [2.05, 4.69) is 0 Å². The van der Waals surface area contributed by atoms with Gasteiger partial charge in [-0.2, -0.15) is 0 Å². The van der Waals surface area contributed by atoms with Gasteiger partial charge in [0.15, 0.2) is 0 Å². The zero-order chi connectivity index (χ0) is 5.15. The Morgan fingerprint density at radius 2 is 1.86 bits per heavy atom. The summed E-state index contributed by atoms with van der Waals surface area (Å²) in [6.07, 6.45) is -1.23. The third-order valence-corrected chi connectivity index (χ3v) is 0.357. The molecule has 40 valence electrons. The van der Waals surface area contributed by atoms with Gasteiger partial charge in [0.1, 0.15) is 6.10 Å². The normalized spacial score (nSPS) is 11.7. The van der Waals surface area contributed by atoms with Crippen molar-refractivity contribution in [2.45, 2.75) is 13.0 Å². The van der Waals surface area contributed by atoms with Crippen molar-refractivity contribution in [2.24, 2.45) is 0 Å². The van der Waals surface area contributed by atoms with Crippen molar-refractivity contribution in [3.05, 3.63) is 0 Å². The molecule has 0 aliphatic rings. The summed E-state index contributed by atoms with van der Waals surface area (Å²) in [5.74, 6) is -1.19. The first-order valence-corrected chi connectivity index (χ1v) is 1.55. The van der Waals surface area contributed by atoms with Gasteiger partial charge in [0, 0.05) is 0 Å². The summed E-state index contributed by atoms with van der Waals surface area (Å²) in [7, 11) is 0. The van der Waals surface area contributed by atoms with Crippen LogP contribution < -0.4 is 0 Å². The van der Waals surface area contributed by atoms with E-state index in [4.69, 9.17) is 10.2 Å². The van der Waals surface area contributed by atoms with Gasteiger partial charge in [-0.3, -0.25) is 0 Å². The van der Waals surface area contributed by atoms with Crippen LogP contribution >= 0.6 is 0 Å². The number of aliphatic hydroxyl groups excluding tert-OH is 1. The standard InChI is InChI=1S/C3H6O3.Ca.2H/c1-2(4)3(5)6;;;/h2,4H,1H3,(H,5,6);;;/t2-;;;/m1.../s1. The quantitative estimate of drug-likeness (QED) is 0.428. The van der Waals surface area contributed by atoms with Crippen LogP contribution in [0.15, 0.2) is 0 Å². The number of rotatable bonds is 1. The molecule has 0 bridgehead atoms. The number of carboxylic acid groups (broad SMARTS) is 1. The first-order valence-electron chi connectivity index (χ1n) is 1.55. The third-order valence-electron chi connectivity index (χ3n) is 0.357. The van der Waals surface area contributed by atoms with Crippen molar-refractivity contribution in [2.75, 3.05) is 0 Å². The molecule has 1 atom stereocenters. The fourth-order valence-corrected chi connectivity index (χ4v) is 0. The molecular formula is C3H8CaO3. The van der Waals surface area contributed by atoms with E-state index >= 15 is 0 Å². The Balaban J connectivity index is 0. The van der Waals surface area contributed by atoms with Crippen molar-refractivity contribution >= 4 is 43.7 Å². The molecule has 0 aromatic carbocycles. The zero-order valence-electron chi connectivity index (χ0n) is 3.38. The van der Waals surface area contributed by atoms with Crippen LogP contribution in [0, 0.1) is 0 Å². The van der Waals surface area contributed by atoms with Gasteiger partial charge in [-0.25, -0.2) is 4.79 Å². The van der Waals surface area contributed by atoms with Gasteiger partial charge < -0.3 is 10.2 Å². The Morgan fingerprint density at radius 3 is 1.86 bits per heavy atom. The summed E-state index contributed by atoms with van der Waals surface area (Å²) in [6.45, 7) is 1.20. The number of carboxylic acids is 1. The summed E-state index contributed by atoms with van der Waals surface area (Å²) < 4.78 is 0. The predicted molar refractivity (Wildman–Crippen MR) is 27.9 cm³/mol. The summed E-state index contributed by atoms with van der Waals surface area (Å²) in [6, 6.07) is 0. The average molecular weight is 132 g/mol. The van der Waals surface area contributed by atoms with Gasteiger partial charge in [0.2, 0.25) is 0 Å². The van der Waals surface area contributed by atoms with Crippen LogP contribution in [0.3, 0.4) is 0 Å². The molecule has 3 nitrogen and oxygen atoms in total. The number of aliphatic carboxylic acids is 1. The topological polar surface area (TPSA) is 57.5 Å². The molecule has 0 saturated heterocycles. The minimum atomic E-state index is -1.23. The molecule has 0 fully saturated rings. The molecule has 0 saturated carbocycles. The maximum absolute atomic E-state index is 9.45. The third kappa shape index (κ3) is 6.69. The van der Waals surface area contributed by atoms with E-state index in [9.17, 15) is 4.79 Å². The monoisotopic (exact) mass is 132 g/mol. The first kappa shape index (κ1) is 10.6. The maximum atomic E-state index is 9.45. The molecule has 0 radical (unpaired) electrons. The Labute approximate surface area is 71.3 Å². The summed E-state index contributed by atoms with van der Waals surface area (Å²) >= 11 is 0. The van der Waals surface area contributed by atoms with Crippen molar-refractivity contribution in [1.29, 1.82) is 0 Å². The number of hydrogen-bond acceptors (Lipinski definition) is 2. The zero-order valence-corrected chi connectivity index (χ0v) is 3.38. The number of hydrogen-bond donors (Lipinski definition) is 2. The molecular weight excluding hydrogens is 124 g/mol. The van der Waals surface area contributed by atoms with Crippen molar-refractivity contribution < 1.29 is 15.0 Å². The second-order valence-electron chi connectivity index (χ2n) is 1.01. The van der Waals surface area contributed by atoms with E-state index in [1.54, 1.807) is 0 Å². The molecule has 0 aromatic heterocycles. The predicted octanol–water partition coefficient (Wildman–Crippen LogP) is -1.46. The van der Waals surface area contributed by atoms with E-state index in [1.165, 1.54) is 6.92 Å². The molecule has 0 aliphatic carbocycles. The molecule has 0 heterocycles. The molecule has 0 aromatic rings. The molecule has 7 heavy (non-hydrogen) atoms. The molecule has 0 rings (SSSR count). The van der Waals surface area contributed by atoms with Crippen LogP contribution in [0.5, 0.6) is 0 Å². The SMILES string of the molecule is C[C@@H](O)C(=O)O.[CaH2]. The van der Waals surface area contributed by atoms with Gasteiger partial charge in [-0.1, -0.05) is 0 Å². The van der Waals surface area contributed by atoms with Gasteiger partial charge >= 0.3 is 43.7 Å². The number of carbonyl (C=O) groups is 1. The van der Waals surface area contributed by atoms with Crippen molar-refractivity contribution in [3.63, 3.8) is 0 Å². The molecule has 0 amide bonds. The second kappa shape index (κ2) is 4.84. The van der Waals surface area contributed by atoms with Crippen molar-refractivity contribution in [3.8, 4) is 0 Å². The van der Waals surface area contributed by atoms with E-state index in [1.807, 2.05) is 0 Å². The van der Waals surface area contributed by atoms with E-state index < -0.39 is 12.1 Å². The molecule has 0 spiro atoms. The fraction of sp³-hybridized carbons (Fsp3) is 0.667. The van der Waals surface area contributed by atoms with Crippen molar-refractivity contribution in [1.82, 2.24) is 0 Å². The van der Waals surface area contributed by atoms with E-state index in [0.29, 0.717) is 0 Å². The van der Waals surface area contributed by atoms with Crippen LogP contribution in [-0.4, -0.2) is 60.0 Å².